The van der Waals surface area contributed by atoms with Gasteiger partial charge in [0.25, 0.3) is 0 Å². The van der Waals surface area contributed by atoms with Crippen molar-refractivity contribution >= 4 is 0 Å². The summed E-state index contributed by atoms with van der Waals surface area (Å²) in [5.74, 6) is -0.318. The van der Waals surface area contributed by atoms with Gasteiger partial charge in [0.2, 0.25) is 0 Å². The van der Waals surface area contributed by atoms with Crippen LogP contribution < -0.4 is 0 Å². The zero-order valence-corrected chi connectivity index (χ0v) is 9.66. The first-order valence-electron chi connectivity index (χ1n) is 4.96. The van der Waals surface area contributed by atoms with Crippen molar-refractivity contribution in [3.63, 3.8) is 0 Å². The van der Waals surface area contributed by atoms with E-state index in [0.717, 1.165) is 0 Å². The topological polar surface area (TPSA) is 23.5 Å². The number of hydrogen-bond acceptors (Lipinski definition) is 2. The van der Waals surface area contributed by atoms with E-state index >= 15 is 0 Å². The lowest BCUT2D eigenvalue weighted by Crippen LogP contribution is -2.43. The molecule has 84 valence electrons. The van der Waals surface area contributed by atoms with E-state index in [-0.39, 0.29) is 5.82 Å². The molecule has 0 aliphatic carbocycles. The molecule has 15 heavy (non-hydrogen) atoms. The third-order valence-electron chi connectivity index (χ3n) is 2.99. The highest BCUT2D eigenvalue weighted by atomic mass is 19.1. The molecule has 1 aromatic carbocycles. The Morgan fingerprint density at radius 1 is 1.33 bits per heavy atom. The average Bonchev–Trinajstić information content (AvgIpc) is 2.16. The number of hydrogen-bond donors (Lipinski definition) is 1. The lowest BCUT2D eigenvalue weighted by atomic mass is 9.90. The zero-order valence-electron chi connectivity index (χ0n) is 9.66. The van der Waals surface area contributed by atoms with Gasteiger partial charge in [0, 0.05) is 5.54 Å². The Kier molecular flexibility index (Phi) is 3.47. The maximum atomic E-state index is 13.0. The largest absolute Gasteiger partial charge is 0.386 e. The van der Waals surface area contributed by atoms with Gasteiger partial charge in [-0.05, 0) is 45.6 Å². The molecule has 0 fully saturated rings. The Morgan fingerprint density at radius 3 is 2.40 bits per heavy atom. The van der Waals surface area contributed by atoms with Crippen molar-refractivity contribution in [1.29, 1.82) is 0 Å². The number of halogens is 1. The second kappa shape index (κ2) is 4.29. The molecule has 0 aromatic heterocycles. The first-order valence-corrected chi connectivity index (χ1v) is 4.96. The Bertz CT molecular complexity index is 336. The molecule has 1 rings (SSSR count). The van der Waals surface area contributed by atoms with E-state index in [4.69, 9.17) is 0 Å². The molecule has 1 atom stereocenters. The molecule has 0 heterocycles. The minimum Gasteiger partial charge on any atom is -0.386 e. The van der Waals surface area contributed by atoms with Gasteiger partial charge in [-0.3, -0.25) is 0 Å². The number of aliphatic hydroxyl groups is 1. The van der Waals surface area contributed by atoms with Crippen LogP contribution in [0.25, 0.3) is 0 Å². The molecule has 0 saturated carbocycles. The summed E-state index contributed by atoms with van der Waals surface area (Å²) < 4.78 is 13.0. The van der Waals surface area contributed by atoms with Crippen molar-refractivity contribution in [2.45, 2.75) is 25.5 Å². The van der Waals surface area contributed by atoms with Gasteiger partial charge in [-0.2, -0.15) is 0 Å². The second-order valence-electron chi connectivity index (χ2n) is 4.51. The number of likely N-dealkylation sites (N-methyl/N-ethyl adjacent to an activating group) is 1. The summed E-state index contributed by atoms with van der Waals surface area (Å²) in [6.45, 7) is 3.84. The molecule has 0 amide bonds. The monoisotopic (exact) mass is 211 g/mol. The third kappa shape index (κ3) is 2.55. The second-order valence-corrected chi connectivity index (χ2v) is 4.51. The molecule has 0 aliphatic heterocycles. The van der Waals surface area contributed by atoms with Crippen molar-refractivity contribution < 1.29 is 9.50 Å². The van der Waals surface area contributed by atoms with Crippen LogP contribution in [0, 0.1) is 5.82 Å². The summed E-state index contributed by atoms with van der Waals surface area (Å²) in [6.07, 6.45) is -0.705. The predicted molar refractivity (Wildman–Crippen MR) is 59.1 cm³/mol. The number of nitrogens with zero attached hydrogens (tertiary/aromatic N) is 1. The van der Waals surface area contributed by atoms with Gasteiger partial charge in [-0.15, -0.1) is 0 Å². The standard InChI is InChI=1S/C12H18FNO/c1-12(2,14(3)4)11(15)9-6-5-7-10(13)8-9/h5-8,11,15H,1-4H3. The van der Waals surface area contributed by atoms with Gasteiger partial charge in [0.1, 0.15) is 5.82 Å². The Hall–Kier alpha value is -0.930. The first-order chi connectivity index (χ1) is 6.85. The molecule has 1 N–H and O–H groups in total. The maximum Gasteiger partial charge on any atom is 0.123 e. The molecule has 2 nitrogen and oxygen atoms in total. The zero-order chi connectivity index (χ0) is 11.6. The molecule has 0 spiro atoms. The van der Waals surface area contributed by atoms with E-state index in [2.05, 4.69) is 0 Å². The Morgan fingerprint density at radius 2 is 1.93 bits per heavy atom. The van der Waals surface area contributed by atoms with Crippen LogP contribution in [0.15, 0.2) is 24.3 Å². The SMILES string of the molecule is CN(C)C(C)(C)C(O)c1cccc(F)c1. The number of aliphatic hydroxyl groups excluding tert-OH is 1. The summed E-state index contributed by atoms with van der Waals surface area (Å²) in [5.41, 5.74) is 0.182. The lowest BCUT2D eigenvalue weighted by Gasteiger charge is -2.37. The van der Waals surface area contributed by atoms with Crippen molar-refractivity contribution in [3.8, 4) is 0 Å². The van der Waals surface area contributed by atoms with Crippen LogP contribution in [-0.4, -0.2) is 29.6 Å². The summed E-state index contributed by atoms with van der Waals surface area (Å²) >= 11 is 0. The van der Waals surface area contributed by atoms with Crippen LogP contribution in [0.5, 0.6) is 0 Å². The summed E-state index contributed by atoms with van der Waals surface area (Å²) in [6, 6.07) is 6.09. The van der Waals surface area contributed by atoms with Crippen molar-refractivity contribution in [2.75, 3.05) is 14.1 Å². The van der Waals surface area contributed by atoms with Crippen LogP contribution in [0.4, 0.5) is 4.39 Å². The van der Waals surface area contributed by atoms with E-state index in [1.54, 1.807) is 12.1 Å². The van der Waals surface area contributed by atoms with Gasteiger partial charge in [-0.1, -0.05) is 12.1 Å². The quantitative estimate of drug-likeness (QED) is 0.828. The Balaban J connectivity index is 2.99. The van der Waals surface area contributed by atoms with Crippen LogP contribution in [0.2, 0.25) is 0 Å². The fourth-order valence-electron chi connectivity index (χ4n) is 1.33. The average molecular weight is 211 g/mol. The smallest absolute Gasteiger partial charge is 0.123 e. The third-order valence-corrected chi connectivity index (χ3v) is 2.99. The van der Waals surface area contributed by atoms with E-state index < -0.39 is 11.6 Å². The first kappa shape index (κ1) is 12.1. The van der Waals surface area contributed by atoms with E-state index in [1.165, 1.54) is 12.1 Å². The molecule has 1 aromatic rings. The van der Waals surface area contributed by atoms with Crippen LogP contribution in [0.3, 0.4) is 0 Å². The highest BCUT2D eigenvalue weighted by Crippen LogP contribution is 2.29. The van der Waals surface area contributed by atoms with E-state index in [1.807, 2.05) is 32.8 Å². The van der Waals surface area contributed by atoms with Gasteiger partial charge in [-0.25, -0.2) is 4.39 Å². The molecule has 0 bridgehead atoms. The van der Waals surface area contributed by atoms with Crippen molar-refractivity contribution in [2.24, 2.45) is 0 Å². The van der Waals surface area contributed by atoms with Gasteiger partial charge >= 0.3 is 0 Å². The molecular weight excluding hydrogens is 193 g/mol. The minimum atomic E-state index is -0.705. The molecule has 3 heteroatoms. The number of rotatable bonds is 3. The summed E-state index contributed by atoms with van der Waals surface area (Å²) in [4.78, 5) is 1.92. The van der Waals surface area contributed by atoms with Gasteiger partial charge in [0.15, 0.2) is 0 Å². The van der Waals surface area contributed by atoms with Crippen LogP contribution in [-0.2, 0) is 0 Å². The van der Waals surface area contributed by atoms with Gasteiger partial charge < -0.3 is 10.0 Å². The Labute approximate surface area is 90.3 Å². The van der Waals surface area contributed by atoms with E-state index in [0.29, 0.717) is 5.56 Å². The molecule has 0 aliphatic rings. The minimum absolute atomic E-state index is 0.318. The lowest BCUT2D eigenvalue weighted by molar-refractivity contribution is 0.0162. The molecular formula is C12H18FNO. The van der Waals surface area contributed by atoms with Crippen molar-refractivity contribution in [3.05, 3.63) is 35.6 Å². The van der Waals surface area contributed by atoms with Crippen LogP contribution >= 0.6 is 0 Å². The highest BCUT2D eigenvalue weighted by Gasteiger charge is 2.31. The molecule has 1 unspecified atom stereocenters. The van der Waals surface area contributed by atoms with Crippen LogP contribution in [0.1, 0.15) is 25.5 Å². The summed E-state index contributed by atoms with van der Waals surface area (Å²) in [7, 11) is 3.78. The number of benzene rings is 1. The predicted octanol–water partition coefficient (Wildman–Crippen LogP) is 2.20. The fourth-order valence-corrected chi connectivity index (χ4v) is 1.33. The summed E-state index contributed by atoms with van der Waals surface area (Å²) in [5, 5.41) is 10.1. The maximum absolute atomic E-state index is 13.0. The van der Waals surface area contributed by atoms with Gasteiger partial charge in [0.05, 0.1) is 6.10 Å². The normalized spacial score (nSPS) is 14.3. The van der Waals surface area contributed by atoms with E-state index in [9.17, 15) is 9.50 Å². The molecule has 0 saturated heterocycles. The molecule has 0 radical (unpaired) electrons. The highest BCUT2D eigenvalue weighted by molar-refractivity contribution is 5.21. The van der Waals surface area contributed by atoms with Crippen molar-refractivity contribution in [1.82, 2.24) is 4.90 Å². The fraction of sp³-hybridized carbons (Fsp3) is 0.500.